The number of aryl methyl sites for hydroxylation is 1. The molecule has 0 spiro atoms. The lowest BCUT2D eigenvalue weighted by Gasteiger charge is -2.16. The maximum absolute atomic E-state index is 13.0. The van der Waals surface area contributed by atoms with Crippen LogP contribution in [0.15, 0.2) is 18.2 Å². The van der Waals surface area contributed by atoms with Gasteiger partial charge in [-0.25, -0.2) is 0 Å². The second-order valence-corrected chi connectivity index (χ2v) is 5.60. The van der Waals surface area contributed by atoms with Crippen LogP contribution in [0.5, 0.6) is 11.9 Å². The van der Waals surface area contributed by atoms with Crippen molar-refractivity contribution in [2.75, 3.05) is 14.2 Å². The van der Waals surface area contributed by atoms with Crippen LogP contribution in [-0.2, 0) is 0 Å². The number of hydrogen-bond donors (Lipinski definition) is 0. The molecule has 0 bridgehead atoms. The normalized spacial score (nSPS) is 10.7. The first-order valence-electron chi connectivity index (χ1n) is 7.29. The van der Waals surface area contributed by atoms with E-state index in [4.69, 9.17) is 17.3 Å². The van der Waals surface area contributed by atoms with Crippen LogP contribution in [0.4, 0.5) is 0 Å². The van der Waals surface area contributed by atoms with E-state index in [1.165, 1.54) is 14.2 Å². The zero-order chi connectivity index (χ0) is 17.1. The van der Waals surface area contributed by atoms with Crippen LogP contribution in [0.2, 0.25) is 0 Å². The van der Waals surface area contributed by atoms with Crippen LogP contribution in [0.3, 0.4) is 0 Å². The number of aromatic nitrogens is 2. The van der Waals surface area contributed by atoms with E-state index in [-0.39, 0.29) is 23.4 Å². The van der Waals surface area contributed by atoms with Gasteiger partial charge in [0, 0.05) is 11.1 Å². The van der Waals surface area contributed by atoms with Gasteiger partial charge in [0.2, 0.25) is 11.7 Å². The van der Waals surface area contributed by atoms with Crippen molar-refractivity contribution in [3.63, 3.8) is 0 Å². The summed E-state index contributed by atoms with van der Waals surface area (Å²) in [5.41, 5.74) is 2.85. The number of ketones is 1. The van der Waals surface area contributed by atoms with Crippen LogP contribution in [0.25, 0.3) is 0 Å². The number of benzene rings is 1. The Morgan fingerprint density at radius 3 is 2.35 bits per heavy atom. The summed E-state index contributed by atoms with van der Waals surface area (Å²) in [7, 11) is 8.80. The van der Waals surface area contributed by atoms with Gasteiger partial charge in [0.1, 0.15) is 13.5 Å². The molecule has 2 rings (SSSR count). The van der Waals surface area contributed by atoms with Crippen molar-refractivity contribution in [1.29, 1.82) is 0 Å². The van der Waals surface area contributed by atoms with Gasteiger partial charge in [-0.15, -0.1) is 0 Å². The van der Waals surface area contributed by atoms with Crippen molar-refractivity contribution in [2.45, 2.75) is 26.7 Å². The van der Waals surface area contributed by atoms with Crippen molar-refractivity contribution in [2.24, 2.45) is 0 Å². The highest BCUT2D eigenvalue weighted by Crippen LogP contribution is 2.30. The molecule has 0 aliphatic rings. The van der Waals surface area contributed by atoms with E-state index in [1.807, 2.05) is 20.8 Å². The molecule has 5 nitrogen and oxygen atoms in total. The maximum atomic E-state index is 13.0. The number of carbonyl (C=O) groups excluding carboxylic acids is 1. The second-order valence-electron chi connectivity index (χ2n) is 5.60. The van der Waals surface area contributed by atoms with Crippen molar-refractivity contribution >= 4 is 19.1 Å². The van der Waals surface area contributed by atoms with E-state index in [1.54, 1.807) is 18.2 Å². The first-order valence-corrected chi connectivity index (χ1v) is 7.29. The van der Waals surface area contributed by atoms with Crippen LogP contribution < -0.4 is 14.9 Å². The lowest BCUT2D eigenvalue weighted by atomic mass is 9.89. The SMILES string of the molecule is [B]c1cc(C)cc(C(=O)c2nc(OC)nc(OC)c2C(C)C)c1. The molecule has 0 aliphatic carbocycles. The molecule has 2 aromatic rings. The quantitative estimate of drug-likeness (QED) is 0.624. The molecule has 0 saturated heterocycles. The fraction of sp³-hybridized carbons (Fsp3) is 0.353. The van der Waals surface area contributed by atoms with Crippen LogP contribution >= 0.6 is 0 Å². The fourth-order valence-corrected chi connectivity index (χ4v) is 2.45. The van der Waals surface area contributed by atoms with Crippen LogP contribution in [-0.4, -0.2) is 37.8 Å². The minimum absolute atomic E-state index is 0.0111. The molecular formula is C17H19BN2O3. The van der Waals surface area contributed by atoms with Crippen molar-refractivity contribution in [3.8, 4) is 11.9 Å². The number of rotatable bonds is 5. The van der Waals surface area contributed by atoms with Gasteiger partial charge in [-0.1, -0.05) is 37.0 Å². The lowest BCUT2D eigenvalue weighted by Crippen LogP contribution is -2.15. The third kappa shape index (κ3) is 3.52. The van der Waals surface area contributed by atoms with Gasteiger partial charge >= 0.3 is 6.01 Å². The molecule has 2 radical (unpaired) electrons. The first kappa shape index (κ1) is 17.0. The van der Waals surface area contributed by atoms with E-state index < -0.39 is 0 Å². The van der Waals surface area contributed by atoms with Gasteiger partial charge in [-0.05, 0) is 18.9 Å². The van der Waals surface area contributed by atoms with E-state index in [9.17, 15) is 4.79 Å². The van der Waals surface area contributed by atoms with E-state index in [0.717, 1.165) is 5.56 Å². The largest absolute Gasteiger partial charge is 0.481 e. The Hall–Kier alpha value is -2.37. The Labute approximate surface area is 137 Å². The van der Waals surface area contributed by atoms with E-state index in [0.29, 0.717) is 22.5 Å². The molecule has 0 saturated carbocycles. The number of carbonyl (C=O) groups is 1. The molecule has 0 amide bonds. The molecule has 0 N–H and O–H groups in total. The summed E-state index contributed by atoms with van der Waals surface area (Å²) in [6.07, 6.45) is 0. The summed E-state index contributed by atoms with van der Waals surface area (Å²) in [5, 5.41) is 0. The van der Waals surface area contributed by atoms with Gasteiger partial charge < -0.3 is 9.47 Å². The molecule has 118 valence electrons. The van der Waals surface area contributed by atoms with Crippen molar-refractivity contribution in [1.82, 2.24) is 9.97 Å². The van der Waals surface area contributed by atoms with Crippen molar-refractivity contribution in [3.05, 3.63) is 40.6 Å². The van der Waals surface area contributed by atoms with Crippen molar-refractivity contribution < 1.29 is 14.3 Å². The highest BCUT2D eigenvalue weighted by molar-refractivity contribution is 6.33. The summed E-state index contributed by atoms with van der Waals surface area (Å²) in [6.45, 7) is 5.79. The monoisotopic (exact) mass is 310 g/mol. The topological polar surface area (TPSA) is 61.3 Å². The number of methoxy groups -OCH3 is 2. The molecular weight excluding hydrogens is 291 g/mol. The van der Waals surface area contributed by atoms with E-state index in [2.05, 4.69) is 9.97 Å². The number of hydrogen-bond acceptors (Lipinski definition) is 5. The molecule has 0 aliphatic heterocycles. The van der Waals surface area contributed by atoms with Gasteiger partial charge in [0.25, 0.3) is 0 Å². The van der Waals surface area contributed by atoms with Gasteiger partial charge in [0.05, 0.1) is 14.2 Å². The summed E-state index contributed by atoms with van der Waals surface area (Å²) in [5.74, 6) is 0.121. The molecule has 0 fully saturated rings. The summed E-state index contributed by atoms with van der Waals surface area (Å²) >= 11 is 0. The molecule has 1 heterocycles. The highest BCUT2D eigenvalue weighted by atomic mass is 16.5. The van der Waals surface area contributed by atoms with Crippen LogP contribution in [0.1, 0.15) is 46.9 Å². The Balaban J connectivity index is 2.66. The minimum atomic E-state index is -0.233. The molecule has 0 unspecified atom stereocenters. The molecule has 0 atom stereocenters. The first-order chi connectivity index (χ1) is 10.9. The lowest BCUT2D eigenvalue weighted by molar-refractivity contribution is 0.103. The Bertz CT molecular complexity index is 725. The van der Waals surface area contributed by atoms with Gasteiger partial charge in [-0.3, -0.25) is 4.79 Å². The Morgan fingerprint density at radius 1 is 1.13 bits per heavy atom. The van der Waals surface area contributed by atoms with Gasteiger partial charge in [0.15, 0.2) is 0 Å². The smallest absolute Gasteiger partial charge is 0.320 e. The number of ether oxygens (including phenoxy) is 2. The fourth-order valence-electron chi connectivity index (χ4n) is 2.45. The second kappa shape index (κ2) is 6.81. The predicted octanol–water partition coefficient (Wildman–Crippen LogP) is 1.95. The molecule has 23 heavy (non-hydrogen) atoms. The zero-order valence-electron chi connectivity index (χ0n) is 14.0. The maximum Gasteiger partial charge on any atom is 0.320 e. The minimum Gasteiger partial charge on any atom is -0.481 e. The standard InChI is InChI=1S/C17H19BN2O3/c1-9(2)13-14(19-17(23-5)20-16(13)22-4)15(21)11-6-10(3)7-12(18)8-11/h6-9H,1-5H3. The third-order valence-electron chi connectivity index (χ3n) is 3.42. The average Bonchev–Trinajstić information content (AvgIpc) is 2.51. The zero-order valence-corrected chi connectivity index (χ0v) is 14.0. The van der Waals surface area contributed by atoms with E-state index >= 15 is 0 Å². The number of nitrogens with zero attached hydrogens (tertiary/aromatic N) is 2. The van der Waals surface area contributed by atoms with Crippen LogP contribution in [0, 0.1) is 6.92 Å². The Morgan fingerprint density at radius 2 is 1.83 bits per heavy atom. The Kier molecular flexibility index (Phi) is 5.03. The molecule has 6 heteroatoms. The van der Waals surface area contributed by atoms with Gasteiger partial charge in [-0.2, -0.15) is 9.97 Å². The summed E-state index contributed by atoms with van der Waals surface area (Å²) in [6, 6.07) is 5.32. The third-order valence-corrected chi connectivity index (χ3v) is 3.42. The average molecular weight is 310 g/mol. The molecule has 1 aromatic heterocycles. The summed E-state index contributed by atoms with van der Waals surface area (Å²) < 4.78 is 10.4. The summed E-state index contributed by atoms with van der Waals surface area (Å²) in [4.78, 5) is 21.4. The predicted molar refractivity (Wildman–Crippen MR) is 89.2 cm³/mol. The molecule has 1 aromatic carbocycles. The highest BCUT2D eigenvalue weighted by Gasteiger charge is 2.24.